The Morgan fingerprint density at radius 2 is 2.29 bits per heavy atom. The van der Waals surface area contributed by atoms with E-state index in [-0.39, 0.29) is 11.8 Å². The fraction of sp³-hybridized carbons (Fsp3) is 0.300. The summed E-state index contributed by atoms with van der Waals surface area (Å²) >= 11 is 3.18. The highest BCUT2D eigenvalue weighted by Crippen LogP contribution is 2.33. The third-order valence-electron chi connectivity index (χ3n) is 2.06. The van der Waals surface area contributed by atoms with Gasteiger partial charge in [0.25, 0.3) is 0 Å². The van der Waals surface area contributed by atoms with Crippen LogP contribution in [0.4, 0.5) is 0 Å². The van der Waals surface area contributed by atoms with Crippen molar-refractivity contribution in [3.8, 4) is 11.8 Å². The van der Waals surface area contributed by atoms with Crippen LogP contribution in [0, 0.1) is 11.3 Å². The van der Waals surface area contributed by atoms with Crippen LogP contribution in [0.1, 0.15) is 30.5 Å². The van der Waals surface area contributed by atoms with Gasteiger partial charge in [0.05, 0.1) is 16.1 Å². The van der Waals surface area contributed by atoms with Gasteiger partial charge in [-0.05, 0) is 34.5 Å². The van der Waals surface area contributed by atoms with Gasteiger partial charge in [0.2, 0.25) is 0 Å². The van der Waals surface area contributed by atoms with Crippen molar-refractivity contribution < 1.29 is 5.11 Å². The molecule has 0 heterocycles. The van der Waals surface area contributed by atoms with E-state index in [9.17, 15) is 5.11 Å². The van der Waals surface area contributed by atoms with Gasteiger partial charge >= 0.3 is 0 Å². The third kappa shape index (κ3) is 2.06. The molecule has 0 saturated carbocycles. The monoisotopic (exact) mass is 254 g/mol. The molecule has 0 unspecified atom stereocenters. The second-order valence-electron chi connectivity index (χ2n) is 3.02. The summed E-state index contributed by atoms with van der Waals surface area (Å²) in [4.78, 5) is 0. The minimum Gasteiger partial charge on any atom is -0.506 e. The molecule has 0 bridgehead atoms. The number of phenolic OH excluding ortho intramolecular Hbond substituents is 1. The highest BCUT2D eigenvalue weighted by Gasteiger charge is 2.13. The molecule has 14 heavy (non-hydrogen) atoms. The van der Waals surface area contributed by atoms with Crippen molar-refractivity contribution >= 4 is 15.9 Å². The van der Waals surface area contributed by atoms with Crippen molar-refractivity contribution in [2.45, 2.75) is 19.4 Å². The number of nitrogens with zero attached hydrogens (tertiary/aromatic N) is 1. The maximum absolute atomic E-state index is 9.68. The van der Waals surface area contributed by atoms with Gasteiger partial charge in [0.1, 0.15) is 5.75 Å². The molecule has 4 heteroatoms. The van der Waals surface area contributed by atoms with Gasteiger partial charge in [-0.15, -0.1) is 0 Å². The van der Waals surface area contributed by atoms with Crippen LogP contribution in [-0.4, -0.2) is 5.11 Å². The van der Waals surface area contributed by atoms with Crippen molar-refractivity contribution in [2.24, 2.45) is 5.73 Å². The van der Waals surface area contributed by atoms with Gasteiger partial charge in [-0.1, -0.05) is 6.92 Å². The average molecular weight is 255 g/mol. The predicted octanol–water partition coefficient (Wildman–Crippen LogP) is 2.44. The SMILES string of the molecule is CC[C@@H](N)c1cc(C#N)cc(Br)c1O. The Balaban J connectivity index is 3.28. The Morgan fingerprint density at radius 1 is 1.64 bits per heavy atom. The molecule has 0 amide bonds. The van der Waals surface area contributed by atoms with Crippen molar-refractivity contribution in [3.63, 3.8) is 0 Å². The maximum atomic E-state index is 9.68. The van der Waals surface area contributed by atoms with Gasteiger partial charge < -0.3 is 10.8 Å². The summed E-state index contributed by atoms with van der Waals surface area (Å²) in [6.45, 7) is 1.93. The summed E-state index contributed by atoms with van der Waals surface area (Å²) in [6.07, 6.45) is 0.717. The summed E-state index contributed by atoms with van der Waals surface area (Å²) in [5, 5.41) is 18.4. The molecule has 0 aliphatic rings. The van der Waals surface area contributed by atoms with Crippen LogP contribution in [0.25, 0.3) is 0 Å². The lowest BCUT2D eigenvalue weighted by Crippen LogP contribution is -2.09. The van der Waals surface area contributed by atoms with Crippen LogP contribution >= 0.6 is 15.9 Å². The zero-order valence-electron chi connectivity index (χ0n) is 7.79. The second-order valence-corrected chi connectivity index (χ2v) is 3.88. The van der Waals surface area contributed by atoms with Crippen LogP contribution in [0.3, 0.4) is 0 Å². The van der Waals surface area contributed by atoms with Gasteiger partial charge in [-0.25, -0.2) is 0 Å². The number of nitriles is 1. The number of phenols is 1. The van der Waals surface area contributed by atoms with Crippen molar-refractivity contribution in [2.75, 3.05) is 0 Å². The summed E-state index contributed by atoms with van der Waals surface area (Å²) in [5.41, 5.74) is 6.90. The maximum Gasteiger partial charge on any atom is 0.134 e. The van der Waals surface area contributed by atoms with E-state index in [4.69, 9.17) is 11.0 Å². The minimum atomic E-state index is -0.236. The van der Waals surface area contributed by atoms with E-state index in [1.54, 1.807) is 12.1 Å². The van der Waals surface area contributed by atoms with Gasteiger partial charge in [-0.2, -0.15) is 5.26 Å². The number of benzene rings is 1. The second kappa shape index (κ2) is 4.45. The van der Waals surface area contributed by atoms with E-state index in [0.29, 0.717) is 15.6 Å². The zero-order chi connectivity index (χ0) is 10.7. The Labute approximate surface area is 91.3 Å². The first kappa shape index (κ1) is 11.0. The van der Waals surface area contributed by atoms with E-state index in [1.165, 1.54) is 0 Å². The Bertz CT molecular complexity index is 384. The molecule has 0 spiro atoms. The summed E-state index contributed by atoms with van der Waals surface area (Å²) < 4.78 is 0.510. The number of rotatable bonds is 2. The lowest BCUT2D eigenvalue weighted by molar-refractivity contribution is 0.457. The average Bonchev–Trinajstić information content (AvgIpc) is 2.20. The number of hydrogen-bond acceptors (Lipinski definition) is 3. The molecule has 3 nitrogen and oxygen atoms in total. The minimum absolute atomic E-state index is 0.123. The molecule has 1 rings (SSSR count). The summed E-state index contributed by atoms with van der Waals surface area (Å²) in [5.74, 6) is 0.123. The Kier molecular flexibility index (Phi) is 3.50. The summed E-state index contributed by atoms with van der Waals surface area (Å²) in [7, 11) is 0. The number of hydrogen-bond donors (Lipinski definition) is 2. The molecular formula is C10H11BrN2O. The number of halogens is 1. The highest BCUT2D eigenvalue weighted by atomic mass is 79.9. The molecule has 1 aromatic carbocycles. The summed E-state index contributed by atoms with van der Waals surface area (Å²) in [6, 6.07) is 4.97. The molecule has 0 aromatic heterocycles. The molecule has 0 fully saturated rings. The van der Waals surface area contributed by atoms with E-state index in [1.807, 2.05) is 13.0 Å². The Hall–Kier alpha value is -1.05. The van der Waals surface area contributed by atoms with Crippen LogP contribution < -0.4 is 5.73 Å². The molecule has 0 saturated heterocycles. The molecule has 3 N–H and O–H groups in total. The first-order valence-electron chi connectivity index (χ1n) is 4.28. The third-order valence-corrected chi connectivity index (χ3v) is 2.67. The van der Waals surface area contributed by atoms with E-state index < -0.39 is 0 Å². The van der Waals surface area contributed by atoms with Gasteiger partial charge in [0.15, 0.2) is 0 Å². The topological polar surface area (TPSA) is 70.0 Å². The highest BCUT2D eigenvalue weighted by molar-refractivity contribution is 9.10. The fourth-order valence-corrected chi connectivity index (χ4v) is 1.66. The lowest BCUT2D eigenvalue weighted by atomic mass is 10.0. The smallest absolute Gasteiger partial charge is 0.134 e. The quantitative estimate of drug-likeness (QED) is 0.852. The van der Waals surface area contributed by atoms with Crippen LogP contribution in [-0.2, 0) is 0 Å². The normalized spacial score (nSPS) is 12.1. The molecule has 0 aliphatic heterocycles. The number of aromatic hydroxyl groups is 1. The molecule has 74 valence electrons. The zero-order valence-corrected chi connectivity index (χ0v) is 9.37. The van der Waals surface area contributed by atoms with Crippen molar-refractivity contribution in [1.82, 2.24) is 0 Å². The largest absolute Gasteiger partial charge is 0.506 e. The molecule has 0 aliphatic carbocycles. The van der Waals surface area contributed by atoms with Crippen LogP contribution in [0.5, 0.6) is 5.75 Å². The Morgan fingerprint density at radius 3 is 2.79 bits per heavy atom. The first-order chi connectivity index (χ1) is 6.60. The molecule has 0 radical (unpaired) electrons. The van der Waals surface area contributed by atoms with E-state index in [2.05, 4.69) is 15.9 Å². The van der Waals surface area contributed by atoms with E-state index in [0.717, 1.165) is 6.42 Å². The van der Waals surface area contributed by atoms with Gasteiger partial charge in [0, 0.05) is 11.6 Å². The first-order valence-corrected chi connectivity index (χ1v) is 5.07. The molecule has 1 aromatic rings. The van der Waals surface area contributed by atoms with Crippen molar-refractivity contribution in [1.29, 1.82) is 5.26 Å². The molecular weight excluding hydrogens is 244 g/mol. The predicted molar refractivity (Wildman–Crippen MR) is 57.7 cm³/mol. The van der Waals surface area contributed by atoms with Crippen LogP contribution in [0.2, 0.25) is 0 Å². The van der Waals surface area contributed by atoms with E-state index >= 15 is 0 Å². The fourth-order valence-electron chi connectivity index (χ4n) is 1.19. The lowest BCUT2D eigenvalue weighted by Gasteiger charge is -2.12. The van der Waals surface area contributed by atoms with Gasteiger partial charge in [-0.3, -0.25) is 0 Å². The van der Waals surface area contributed by atoms with Crippen LogP contribution in [0.15, 0.2) is 16.6 Å². The van der Waals surface area contributed by atoms with Crippen molar-refractivity contribution in [3.05, 3.63) is 27.7 Å². The molecule has 1 atom stereocenters. The number of nitrogens with two attached hydrogens (primary N) is 1. The standard InChI is InChI=1S/C10H11BrN2O/c1-2-9(13)7-3-6(5-12)4-8(11)10(7)14/h3-4,9,14H,2,13H2,1H3/t9-/m1/s1.